The quantitative estimate of drug-likeness (QED) is 0.542. The topological polar surface area (TPSA) is 94.8 Å². The van der Waals surface area contributed by atoms with Crippen LogP contribution in [-0.4, -0.2) is 32.9 Å². The van der Waals surface area contributed by atoms with Gasteiger partial charge in [0.2, 0.25) is 0 Å². The Balaban J connectivity index is 3.86. The molecule has 0 spiro atoms. The van der Waals surface area contributed by atoms with Crippen LogP contribution < -0.4 is 0 Å². The van der Waals surface area contributed by atoms with E-state index in [2.05, 4.69) is 6.92 Å². The van der Waals surface area contributed by atoms with Crippen LogP contribution in [0.15, 0.2) is 0 Å². The van der Waals surface area contributed by atoms with E-state index in [0.29, 0.717) is 0 Å². The predicted molar refractivity (Wildman–Crippen MR) is 39.4 cm³/mol. The van der Waals surface area contributed by atoms with Gasteiger partial charge in [0.1, 0.15) is 0 Å². The Morgan fingerprint density at radius 3 is 2.08 bits per heavy atom. The molecule has 0 saturated carbocycles. The number of hydrogen-bond acceptors (Lipinski definition) is 3. The van der Waals surface area contributed by atoms with Crippen molar-refractivity contribution >= 4 is 11.9 Å². The molecule has 5 heteroatoms. The number of aliphatic hydroxyl groups is 1. The van der Waals surface area contributed by atoms with Crippen molar-refractivity contribution in [2.24, 2.45) is 0 Å². The Labute approximate surface area is 69.6 Å². The largest absolute Gasteiger partial charge is 0.481 e. The molecule has 0 aromatic rings. The van der Waals surface area contributed by atoms with E-state index in [9.17, 15) is 14.7 Å². The van der Waals surface area contributed by atoms with E-state index >= 15 is 0 Å². The second-order valence-corrected chi connectivity index (χ2v) is 2.69. The summed E-state index contributed by atoms with van der Waals surface area (Å²) in [4.78, 5) is 20.2. The van der Waals surface area contributed by atoms with E-state index in [-0.39, 0.29) is 12.8 Å². The lowest BCUT2D eigenvalue weighted by Gasteiger charge is -2.19. The highest BCUT2D eigenvalue weighted by Crippen LogP contribution is 2.15. The second-order valence-electron chi connectivity index (χ2n) is 2.69. The summed E-state index contributed by atoms with van der Waals surface area (Å²) in [6, 6.07) is 0. The van der Waals surface area contributed by atoms with Crippen molar-refractivity contribution < 1.29 is 24.9 Å². The van der Waals surface area contributed by atoms with Crippen LogP contribution in [-0.2, 0) is 9.59 Å². The molecule has 5 nitrogen and oxygen atoms in total. The van der Waals surface area contributed by atoms with Crippen LogP contribution in [0.4, 0.5) is 0 Å². The summed E-state index contributed by atoms with van der Waals surface area (Å²) in [6.07, 6.45) is -0.984. The number of rotatable bonds is 5. The first kappa shape index (κ1) is 10.9. The molecule has 0 aliphatic carbocycles. The second kappa shape index (κ2) is 4.06. The van der Waals surface area contributed by atoms with Gasteiger partial charge >= 0.3 is 11.9 Å². The highest BCUT2D eigenvalue weighted by molar-refractivity contribution is 5.69. The molecule has 3 N–H and O–H groups in total. The van der Waals surface area contributed by atoms with E-state index in [1.165, 1.54) is 0 Å². The minimum Gasteiger partial charge on any atom is -0.481 e. The molecule has 0 amide bonds. The molecule has 1 atom stereocenters. The molecule has 0 aromatic heterocycles. The van der Waals surface area contributed by atoms with Gasteiger partial charge in [0.15, 0.2) is 0 Å². The highest BCUT2D eigenvalue weighted by atomic mass is 16.4. The first-order valence-corrected chi connectivity index (χ1v) is 3.35. The van der Waals surface area contributed by atoms with E-state index < -0.39 is 24.0 Å². The number of aliphatic carboxylic acids is 2. The van der Waals surface area contributed by atoms with Gasteiger partial charge in [-0.3, -0.25) is 9.59 Å². The molecule has 0 heterocycles. The summed E-state index contributed by atoms with van der Waals surface area (Å²) < 4.78 is 0. The van der Waals surface area contributed by atoms with Crippen LogP contribution in [0, 0.1) is 6.92 Å². The monoisotopic (exact) mass is 175 g/mol. The third-order valence-corrected chi connectivity index (χ3v) is 1.28. The first-order valence-electron chi connectivity index (χ1n) is 3.35. The molecule has 1 radical (unpaired) electrons. The third-order valence-electron chi connectivity index (χ3n) is 1.28. The molecular weight excluding hydrogens is 164 g/mol. The van der Waals surface area contributed by atoms with E-state index in [1.807, 2.05) is 0 Å². The van der Waals surface area contributed by atoms with Crippen molar-refractivity contribution in [3.63, 3.8) is 0 Å². The average molecular weight is 175 g/mol. The van der Waals surface area contributed by atoms with Crippen LogP contribution in [0.5, 0.6) is 0 Å². The molecular formula is C7H11O5. The molecule has 0 rings (SSSR count). The van der Waals surface area contributed by atoms with Crippen LogP contribution in [0.2, 0.25) is 0 Å². The van der Waals surface area contributed by atoms with Gasteiger partial charge in [-0.05, 0) is 13.3 Å². The Kier molecular flexibility index (Phi) is 3.69. The van der Waals surface area contributed by atoms with Gasteiger partial charge in [0.05, 0.1) is 12.0 Å². The standard InChI is InChI=1S/C7H11O5/c1-7(12,4-6(10)11)3-2-5(8)9/h12H,1-4H2,(H,8,9)(H,10,11). The summed E-state index contributed by atoms with van der Waals surface area (Å²) in [5.74, 6) is -2.28. The van der Waals surface area contributed by atoms with Crippen molar-refractivity contribution in [1.29, 1.82) is 0 Å². The fourth-order valence-electron chi connectivity index (χ4n) is 0.709. The number of carboxylic acid groups (broad SMARTS) is 2. The van der Waals surface area contributed by atoms with Crippen LogP contribution in [0.3, 0.4) is 0 Å². The smallest absolute Gasteiger partial charge is 0.306 e. The number of carbonyl (C=O) groups is 2. The minimum absolute atomic E-state index is 0.158. The Hall–Kier alpha value is -1.10. The minimum atomic E-state index is -1.68. The van der Waals surface area contributed by atoms with Gasteiger partial charge < -0.3 is 15.3 Å². The lowest BCUT2D eigenvalue weighted by atomic mass is 9.96. The molecule has 12 heavy (non-hydrogen) atoms. The zero-order valence-electron chi connectivity index (χ0n) is 6.49. The highest BCUT2D eigenvalue weighted by Gasteiger charge is 2.24. The van der Waals surface area contributed by atoms with Crippen molar-refractivity contribution in [3.8, 4) is 0 Å². The molecule has 0 fully saturated rings. The van der Waals surface area contributed by atoms with Gasteiger partial charge in [0.25, 0.3) is 0 Å². The van der Waals surface area contributed by atoms with Crippen molar-refractivity contribution in [3.05, 3.63) is 6.92 Å². The van der Waals surface area contributed by atoms with Gasteiger partial charge in [0, 0.05) is 6.42 Å². The molecule has 0 aromatic carbocycles. The zero-order valence-corrected chi connectivity index (χ0v) is 6.49. The van der Waals surface area contributed by atoms with Crippen LogP contribution in [0.25, 0.3) is 0 Å². The fraction of sp³-hybridized carbons (Fsp3) is 0.571. The summed E-state index contributed by atoms with van der Waals surface area (Å²) >= 11 is 0. The molecule has 69 valence electrons. The maximum Gasteiger partial charge on any atom is 0.306 e. The first-order chi connectivity index (χ1) is 5.33. The van der Waals surface area contributed by atoms with Crippen molar-refractivity contribution in [2.75, 3.05) is 0 Å². The molecule has 0 bridgehead atoms. The summed E-state index contributed by atoms with van der Waals surface area (Å²) in [7, 11) is 0. The van der Waals surface area contributed by atoms with Crippen LogP contribution in [0.1, 0.15) is 19.3 Å². The summed E-state index contributed by atoms with van der Waals surface area (Å²) in [5.41, 5.74) is -1.68. The Morgan fingerprint density at radius 1 is 1.25 bits per heavy atom. The lowest BCUT2D eigenvalue weighted by Crippen LogP contribution is -2.28. The van der Waals surface area contributed by atoms with Gasteiger partial charge in [-0.25, -0.2) is 0 Å². The maximum atomic E-state index is 10.1. The van der Waals surface area contributed by atoms with E-state index in [0.717, 1.165) is 0 Å². The zero-order chi connectivity index (χ0) is 9.78. The Morgan fingerprint density at radius 2 is 1.75 bits per heavy atom. The molecule has 0 saturated heterocycles. The van der Waals surface area contributed by atoms with Crippen molar-refractivity contribution in [2.45, 2.75) is 24.9 Å². The third kappa shape index (κ3) is 5.67. The Bertz CT molecular complexity index is 184. The average Bonchev–Trinajstić information content (AvgIpc) is 1.81. The number of hydrogen-bond donors (Lipinski definition) is 3. The lowest BCUT2D eigenvalue weighted by molar-refractivity contribution is -0.144. The fourth-order valence-corrected chi connectivity index (χ4v) is 0.709. The summed E-state index contributed by atoms with van der Waals surface area (Å²) in [6.45, 7) is 3.19. The summed E-state index contributed by atoms with van der Waals surface area (Å²) in [5, 5.41) is 25.7. The van der Waals surface area contributed by atoms with Gasteiger partial charge in [-0.1, -0.05) is 0 Å². The maximum absolute atomic E-state index is 10.1. The van der Waals surface area contributed by atoms with Crippen LogP contribution >= 0.6 is 0 Å². The molecule has 1 unspecified atom stereocenters. The van der Waals surface area contributed by atoms with Gasteiger partial charge in [-0.2, -0.15) is 0 Å². The molecule has 0 aliphatic rings. The normalized spacial score (nSPS) is 15.2. The number of carboxylic acids is 2. The molecule has 0 aliphatic heterocycles. The SMILES string of the molecule is [CH2]C(O)(CCC(=O)O)CC(=O)O. The van der Waals surface area contributed by atoms with E-state index in [1.54, 1.807) is 0 Å². The van der Waals surface area contributed by atoms with Gasteiger partial charge in [-0.15, -0.1) is 0 Å². The van der Waals surface area contributed by atoms with Crippen molar-refractivity contribution in [1.82, 2.24) is 0 Å². The van der Waals surface area contributed by atoms with E-state index in [4.69, 9.17) is 10.2 Å². The predicted octanol–water partition coefficient (Wildman–Crippen LogP) is -0.109.